The summed E-state index contributed by atoms with van der Waals surface area (Å²) in [5.74, 6) is -0.301. The minimum Gasteiger partial charge on any atom is -0.362 e. The molecule has 0 saturated heterocycles. The average molecular weight is 296 g/mol. The van der Waals surface area contributed by atoms with E-state index in [0.717, 1.165) is 37.1 Å². The summed E-state index contributed by atoms with van der Waals surface area (Å²) < 4.78 is 13.2. The van der Waals surface area contributed by atoms with Crippen molar-refractivity contribution in [2.24, 2.45) is 0 Å². The van der Waals surface area contributed by atoms with Gasteiger partial charge in [-0.15, -0.1) is 0 Å². The third-order valence-corrected chi connectivity index (χ3v) is 4.67. The van der Waals surface area contributed by atoms with Crippen LogP contribution in [0.1, 0.15) is 36.0 Å². The number of para-hydroxylation sites is 1. The van der Waals surface area contributed by atoms with Crippen LogP contribution in [-0.4, -0.2) is 11.6 Å². The van der Waals surface area contributed by atoms with Gasteiger partial charge in [0.2, 0.25) is 0 Å². The molecule has 3 nitrogen and oxygen atoms in total. The number of benzene rings is 2. The standard InChI is InChI=1S/C18H17FN2O/c19-13-7-9-14(10-8-13)21-17(22)15-5-1-2-6-16(15)20-18(21)11-3-4-12-18/h1-2,5-10,20H,3-4,11-12H2. The third kappa shape index (κ3) is 1.90. The summed E-state index contributed by atoms with van der Waals surface area (Å²) in [6, 6.07) is 13.8. The summed E-state index contributed by atoms with van der Waals surface area (Å²) in [5.41, 5.74) is 1.93. The summed E-state index contributed by atoms with van der Waals surface area (Å²) >= 11 is 0. The van der Waals surface area contributed by atoms with Crippen LogP contribution in [0.2, 0.25) is 0 Å². The van der Waals surface area contributed by atoms with Gasteiger partial charge in [0.25, 0.3) is 5.91 Å². The van der Waals surface area contributed by atoms with Crippen LogP contribution in [-0.2, 0) is 0 Å². The fraction of sp³-hybridized carbons (Fsp3) is 0.278. The molecule has 1 aliphatic carbocycles. The SMILES string of the molecule is O=C1c2ccccc2NC2(CCCC2)N1c1ccc(F)cc1. The molecule has 112 valence electrons. The first kappa shape index (κ1) is 13.3. The van der Waals surface area contributed by atoms with Gasteiger partial charge in [0.1, 0.15) is 11.5 Å². The number of fused-ring (bicyclic) bond motifs is 1. The number of carbonyl (C=O) groups excluding carboxylic acids is 1. The molecular weight excluding hydrogens is 279 g/mol. The van der Waals surface area contributed by atoms with Crippen LogP contribution in [0.5, 0.6) is 0 Å². The van der Waals surface area contributed by atoms with E-state index in [2.05, 4.69) is 5.32 Å². The topological polar surface area (TPSA) is 32.3 Å². The Balaban J connectivity index is 1.86. The molecule has 2 aromatic carbocycles. The lowest BCUT2D eigenvalue weighted by atomic mass is 9.96. The zero-order valence-electron chi connectivity index (χ0n) is 12.2. The summed E-state index contributed by atoms with van der Waals surface area (Å²) in [6.45, 7) is 0. The number of rotatable bonds is 1. The van der Waals surface area contributed by atoms with Crippen LogP contribution in [0, 0.1) is 5.82 Å². The van der Waals surface area contributed by atoms with Crippen molar-refractivity contribution < 1.29 is 9.18 Å². The quantitative estimate of drug-likeness (QED) is 0.856. The molecule has 4 rings (SSSR count). The summed E-state index contributed by atoms with van der Waals surface area (Å²) in [6.07, 6.45) is 3.98. The van der Waals surface area contributed by atoms with Crippen LogP contribution < -0.4 is 10.2 Å². The van der Waals surface area contributed by atoms with Crippen LogP contribution >= 0.6 is 0 Å². The summed E-state index contributed by atoms with van der Waals surface area (Å²) in [5, 5.41) is 3.58. The number of nitrogens with one attached hydrogen (secondary N) is 1. The van der Waals surface area contributed by atoms with E-state index in [1.165, 1.54) is 12.1 Å². The van der Waals surface area contributed by atoms with Gasteiger partial charge in [-0.3, -0.25) is 9.69 Å². The van der Waals surface area contributed by atoms with Gasteiger partial charge in [0.05, 0.1) is 5.56 Å². The number of carbonyl (C=O) groups is 1. The van der Waals surface area contributed by atoms with Crippen molar-refractivity contribution >= 4 is 17.3 Å². The van der Waals surface area contributed by atoms with Gasteiger partial charge in [0, 0.05) is 11.4 Å². The van der Waals surface area contributed by atoms with Crippen molar-refractivity contribution in [1.82, 2.24) is 0 Å². The van der Waals surface area contributed by atoms with Gasteiger partial charge in [-0.1, -0.05) is 12.1 Å². The highest BCUT2D eigenvalue weighted by molar-refractivity contribution is 6.12. The minimum atomic E-state index is -0.386. The smallest absolute Gasteiger partial charge is 0.262 e. The Morgan fingerprint density at radius 3 is 2.41 bits per heavy atom. The van der Waals surface area contributed by atoms with Crippen LogP contribution in [0.3, 0.4) is 0 Å². The van der Waals surface area contributed by atoms with Gasteiger partial charge in [-0.05, 0) is 62.1 Å². The summed E-state index contributed by atoms with van der Waals surface area (Å²) in [7, 11) is 0. The molecular formula is C18H17FN2O. The number of halogens is 1. The first-order valence-corrected chi connectivity index (χ1v) is 7.67. The maximum Gasteiger partial charge on any atom is 0.262 e. The largest absolute Gasteiger partial charge is 0.362 e. The molecule has 0 unspecified atom stereocenters. The number of hydrogen-bond donors (Lipinski definition) is 1. The molecule has 4 heteroatoms. The second-order valence-electron chi connectivity index (χ2n) is 6.03. The zero-order chi connectivity index (χ0) is 15.2. The Hall–Kier alpha value is -2.36. The Labute approximate surface area is 128 Å². The Morgan fingerprint density at radius 2 is 1.68 bits per heavy atom. The molecule has 1 fully saturated rings. The van der Waals surface area contributed by atoms with Crippen LogP contribution in [0.4, 0.5) is 15.8 Å². The van der Waals surface area contributed by atoms with E-state index in [1.54, 1.807) is 12.1 Å². The molecule has 0 aromatic heterocycles. The van der Waals surface area contributed by atoms with Gasteiger partial charge >= 0.3 is 0 Å². The maximum atomic E-state index is 13.2. The molecule has 2 aliphatic rings. The molecule has 22 heavy (non-hydrogen) atoms. The second-order valence-corrected chi connectivity index (χ2v) is 6.03. The van der Waals surface area contributed by atoms with E-state index < -0.39 is 0 Å². The van der Waals surface area contributed by atoms with Crippen molar-refractivity contribution in [1.29, 1.82) is 0 Å². The van der Waals surface area contributed by atoms with E-state index in [-0.39, 0.29) is 17.4 Å². The highest BCUT2D eigenvalue weighted by Crippen LogP contribution is 2.43. The fourth-order valence-corrected chi connectivity index (χ4v) is 3.66. The van der Waals surface area contributed by atoms with E-state index in [9.17, 15) is 9.18 Å². The molecule has 0 radical (unpaired) electrons. The molecule has 1 spiro atoms. The lowest BCUT2D eigenvalue weighted by molar-refractivity contribution is 0.0954. The zero-order valence-corrected chi connectivity index (χ0v) is 12.2. The highest BCUT2D eigenvalue weighted by atomic mass is 19.1. The molecule has 1 saturated carbocycles. The molecule has 0 bridgehead atoms. The Bertz CT molecular complexity index is 720. The van der Waals surface area contributed by atoms with E-state index >= 15 is 0 Å². The second kappa shape index (κ2) is 4.83. The lowest BCUT2D eigenvalue weighted by Crippen LogP contribution is -2.59. The van der Waals surface area contributed by atoms with Gasteiger partial charge < -0.3 is 5.32 Å². The fourth-order valence-electron chi connectivity index (χ4n) is 3.66. The lowest BCUT2D eigenvalue weighted by Gasteiger charge is -2.46. The van der Waals surface area contributed by atoms with Crippen molar-refractivity contribution in [2.45, 2.75) is 31.3 Å². The van der Waals surface area contributed by atoms with Gasteiger partial charge in [-0.25, -0.2) is 4.39 Å². The van der Waals surface area contributed by atoms with Gasteiger partial charge in [-0.2, -0.15) is 0 Å². The predicted octanol–water partition coefficient (Wildman–Crippen LogP) is 4.17. The normalized spacial score (nSPS) is 19.1. The molecule has 0 atom stereocenters. The van der Waals surface area contributed by atoms with E-state index in [0.29, 0.717) is 5.56 Å². The molecule has 1 amide bonds. The Morgan fingerprint density at radius 1 is 1.00 bits per heavy atom. The van der Waals surface area contributed by atoms with E-state index in [1.807, 2.05) is 29.2 Å². The molecule has 2 aromatic rings. The van der Waals surface area contributed by atoms with Crippen molar-refractivity contribution in [3.63, 3.8) is 0 Å². The van der Waals surface area contributed by atoms with Gasteiger partial charge in [0.15, 0.2) is 0 Å². The van der Waals surface area contributed by atoms with Crippen molar-refractivity contribution in [3.8, 4) is 0 Å². The average Bonchev–Trinajstić information content (AvgIpc) is 2.98. The molecule has 1 aliphatic heterocycles. The summed E-state index contributed by atoms with van der Waals surface area (Å²) in [4.78, 5) is 14.9. The Kier molecular flexibility index (Phi) is 2.93. The van der Waals surface area contributed by atoms with Crippen LogP contribution in [0.15, 0.2) is 48.5 Å². The van der Waals surface area contributed by atoms with Crippen LogP contribution in [0.25, 0.3) is 0 Å². The monoisotopic (exact) mass is 296 g/mol. The predicted molar refractivity (Wildman–Crippen MR) is 84.5 cm³/mol. The minimum absolute atomic E-state index is 0.0112. The maximum absolute atomic E-state index is 13.2. The number of nitrogens with zero attached hydrogens (tertiary/aromatic N) is 1. The van der Waals surface area contributed by atoms with Crippen molar-refractivity contribution in [3.05, 3.63) is 59.9 Å². The number of anilines is 2. The number of amides is 1. The van der Waals surface area contributed by atoms with Crippen molar-refractivity contribution in [2.75, 3.05) is 10.2 Å². The highest BCUT2D eigenvalue weighted by Gasteiger charge is 2.47. The first-order chi connectivity index (χ1) is 10.7. The molecule has 1 N–H and O–H groups in total. The number of hydrogen-bond acceptors (Lipinski definition) is 2. The molecule has 1 heterocycles. The van der Waals surface area contributed by atoms with E-state index in [4.69, 9.17) is 0 Å². The third-order valence-electron chi connectivity index (χ3n) is 4.67. The first-order valence-electron chi connectivity index (χ1n) is 7.67.